The van der Waals surface area contributed by atoms with Crippen molar-refractivity contribution in [1.29, 1.82) is 0 Å². The standard InChI is InChI=1S/C22H25N3O6/c1-4-30-21(27)24-25(22(28)31-5-2)19(20(26)29-3)23-18(16-12-8-6-9-13-16)17-14-10-7-11-15-17/h6-15,19H,4-5H2,1-3H3,(H,24,27)/t19-/m1/s1. The highest BCUT2D eigenvalue weighted by Crippen LogP contribution is 2.15. The SMILES string of the molecule is CCOC(=O)NN(C(=O)OCC)[C@@H](N=C(c1ccccc1)c1ccccc1)C(=O)OC. The average molecular weight is 427 g/mol. The lowest BCUT2D eigenvalue weighted by atomic mass is 10.0. The largest absolute Gasteiger partial charge is 0.466 e. The fourth-order valence-electron chi connectivity index (χ4n) is 2.61. The lowest BCUT2D eigenvalue weighted by Crippen LogP contribution is -2.55. The summed E-state index contributed by atoms with van der Waals surface area (Å²) in [4.78, 5) is 41.7. The van der Waals surface area contributed by atoms with E-state index in [1.54, 1.807) is 13.8 Å². The van der Waals surface area contributed by atoms with Crippen LogP contribution in [-0.2, 0) is 19.0 Å². The number of ether oxygens (including phenoxy) is 3. The fourth-order valence-corrected chi connectivity index (χ4v) is 2.61. The Morgan fingerprint density at radius 1 is 0.903 bits per heavy atom. The molecule has 0 spiro atoms. The second-order valence-corrected chi connectivity index (χ2v) is 6.01. The first kappa shape index (κ1) is 23.4. The Kier molecular flexibility index (Phi) is 9.03. The zero-order chi connectivity index (χ0) is 22.6. The molecule has 0 fully saturated rings. The van der Waals surface area contributed by atoms with Gasteiger partial charge in [-0.2, -0.15) is 5.01 Å². The zero-order valence-electron chi connectivity index (χ0n) is 17.6. The van der Waals surface area contributed by atoms with Gasteiger partial charge in [0.2, 0.25) is 6.17 Å². The van der Waals surface area contributed by atoms with Crippen molar-refractivity contribution in [2.45, 2.75) is 20.0 Å². The number of hydrogen-bond acceptors (Lipinski definition) is 7. The van der Waals surface area contributed by atoms with Gasteiger partial charge in [0.15, 0.2) is 0 Å². The minimum absolute atomic E-state index is 0.0155. The van der Waals surface area contributed by atoms with Crippen molar-refractivity contribution >= 4 is 23.9 Å². The van der Waals surface area contributed by atoms with Gasteiger partial charge in [-0.3, -0.25) is 0 Å². The molecule has 0 aliphatic heterocycles. The van der Waals surface area contributed by atoms with E-state index < -0.39 is 24.3 Å². The highest BCUT2D eigenvalue weighted by Gasteiger charge is 2.34. The Balaban J connectivity index is 2.60. The molecule has 0 saturated heterocycles. The van der Waals surface area contributed by atoms with Crippen LogP contribution in [0, 0.1) is 0 Å². The number of hydrogen-bond donors (Lipinski definition) is 1. The smallest absolute Gasteiger partial charge is 0.431 e. The van der Waals surface area contributed by atoms with Crippen molar-refractivity contribution in [1.82, 2.24) is 10.4 Å². The Bertz CT molecular complexity index is 860. The fraction of sp³-hybridized carbons (Fsp3) is 0.273. The summed E-state index contributed by atoms with van der Waals surface area (Å²) in [6.07, 6.45) is -3.50. The molecule has 9 heteroatoms. The third-order valence-electron chi connectivity index (χ3n) is 3.95. The second kappa shape index (κ2) is 12.0. The molecule has 164 valence electrons. The number of carbonyl (C=O) groups excluding carboxylic acids is 3. The maximum absolute atomic E-state index is 12.6. The number of esters is 1. The molecule has 0 bridgehead atoms. The summed E-state index contributed by atoms with van der Waals surface area (Å²) in [5, 5.41) is 0.652. The minimum atomic E-state index is -1.57. The number of aliphatic imine (C=N–C) groups is 1. The summed E-state index contributed by atoms with van der Waals surface area (Å²) in [5.41, 5.74) is 4.02. The second-order valence-electron chi connectivity index (χ2n) is 6.01. The zero-order valence-corrected chi connectivity index (χ0v) is 17.6. The lowest BCUT2D eigenvalue weighted by molar-refractivity contribution is -0.147. The molecule has 1 atom stereocenters. The van der Waals surface area contributed by atoms with E-state index >= 15 is 0 Å². The summed E-state index contributed by atoms with van der Waals surface area (Å²) in [7, 11) is 1.16. The number of benzene rings is 2. The van der Waals surface area contributed by atoms with Crippen LogP contribution in [0.5, 0.6) is 0 Å². The molecule has 9 nitrogen and oxygen atoms in total. The van der Waals surface area contributed by atoms with E-state index in [-0.39, 0.29) is 13.2 Å². The van der Waals surface area contributed by atoms with E-state index in [2.05, 4.69) is 10.4 Å². The molecule has 0 aromatic heterocycles. The quantitative estimate of drug-likeness (QED) is 0.315. The molecule has 2 aromatic carbocycles. The molecule has 0 heterocycles. The number of hydrazine groups is 1. The highest BCUT2D eigenvalue weighted by molar-refractivity contribution is 6.13. The van der Waals surface area contributed by atoms with E-state index in [0.717, 1.165) is 7.11 Å². The maximum atomic E-state index is 12.6. The first-order valence-electron chi connectivity index (χ1n) is 9.67. The molecular formula is C22H25N3O6. The van der Waals surface area contributed by atoms with E-state index in [1.807, 2.05) is 60.7 Å². The molecular weight excluding hydrogens is 402 g/mol. The van der Waals surface area contributed by atoms with Crippen LogP contribution in [0.3, 0.4) is 0 Å². The lowest BCUT2D eigenvalue weighted by Gasteiger charge is -2.27. The molecule has 2 aromatic rings. The third kappa shape index (κ3) is 6.56. The van der Waals surface area contributed by atoms with Crippen LogP contribution in [0.25, 0.3) is 0 Å². The number of amides is 2. The van der Waals surface area contributed by atoms with Gasteiger partial charge in [-0.25, -0.2) is 24.8 Å². The minimum Gasteiger partial charge on any atom is -0.466 e. The summed E-state index contributed by atoms with van der Waals surface area (Å²) in [6, 6.07) is 18.2. The molecule has 0 aliphatic carbocycles. The van der Waals surface area contributed by atoms with Crippen LogP contribution >= 0.6 is 0 Å². The van der Waals surface area contributed by atoms with Crippen LogP contribution in [0.2, 0.25) is 0 Å². The highest BCUT2D eigenvalue weighted by atomic mass is 16.6. The molecule has 0 aliphatic rings. The molecule has 0 unspecified atom stereocenters. The van der Waals surface area contributed by atoms with Crippen molar-refractivity contribution in [2.24, 2.45) is 4.99 Å². The summed E-state index contributed by atoms with van der Waals surface area (Å²) in [6.45, 7) is 3.28. The van der Waals surface area contributed by atoms with Crippen molar-refractivity contribution in [3.05, 3.63) is 71.8 Å². The van der Waals surface area contributed by atoms with Crippen molar-refractivity contribution < 1.29 is 28.6 Å². The van der Waals surface area contributed by atoms with Crippen LogP contribution in [0.15, 0.2) is 65.7 Å². The van der Waals surface area contributed by atoms with E-state index in [4.69, 9.17) is 14.2 Å². The molecule has 0 saturated carbocycles. The van der Waals surface area contributed by atoms with Gasteiger partial charge in [-0.15, -0.1) is 0 Å². The van der Waals surface area contributed by atoms with Gasteiger partial charge in [0.1, 0.15) is 0 Å². The summed E-state index contributed by atoms with van der Waals surface area (Å²) >= 11 is 0. The molecule has 31 heavy (non-hydrogen) atoms. The number of methoxy groups -OCH3 is 1. The van der Waals surface area contributed by atoms with Gasteiger partial charge in [-0.1, -0.05) is 60.7 Å². The number of nitrogens with one attached hydrogen (secondary N) is 1. The summed E-state index contributed by atoms with van der Waals surface area (Å²) < 4.78 is 14.7. The van der Waals surface area contributed by atoms with E-state index in [1.165, 1.54) is 0 Å². The predicted molar refractivity (Wildman–Crippen MR) is 113 cm³/mol. The van der Waals surface area contributed by atoms with Crippen LogP contribution in [0.4, 0.5) is 9.59 Å². The van der Waals surface area contributed by atoms with Gasteiger partial charge in [-0.05, 0) is 13.8 Å². The van der Waals surface area contributed by atoms with Crippen molar-refractivity contribution in [2.75, 3.05) is 20.3 Å². The Morgan fingerprint density at radius 3 is 1.87 bits per heavy atom. The number of rotatable bonds is 7. The van der Waals surface area contributed by atoms with Gasteiger partial charge in [0.05, 0.1) is 26.0 Å². The van der Waals surface area contributed by atoms with Crippen LogP contribution < -0.4 is 5.43 Å². The van der Waals surface area contributed by atoms with Gasteiger partial charge in [0, 0.05) is 11.1 Å². The summed E-state index contributed by atoms with van der Waals surface area (Å²) in [5.74, 6) is -0.880. The molecule has 0 radical (unpaired) electrons. The van der Waals surface area contributed by atoms with Gasteiger partial charge < -0.3 is 14.2 Å². The van der Waals surface area contributed by atoms with Crippen LogP contribution in [-0.4, -0.2) is 55.4 Å². The molecule has 1 N–H and O–H groups in total. The first-order valence-corrected chi connectivity index (χ1v) is 9.67. The Hall–Kier alpha value is -3.88. The molecule has 2 rings (SSSR count). The van der Waals surface area contributed by atoms with E-state index in [9.17, 15) is 14.4 Å². The Labute approximate surface area is 180 Å². The average Bonchev–Trinajstić information content (AvgIpc) is 2.79. The maximum Gasteiger partial charge on any atom is 0.431 e. The Morgan fingerprint density at radius 2 is 1.42 bits per heavy atom. The van der Waals surface area contributed by atoms with Gasteiger partial charge >= 0.3 is 18.2 Å². The predicted octanol–water partition coefficient (Wildman–Crippen LogP) is 3.14. The number of nitrogens with zero attached hydrogens (tertiary/aromatic N) is 2. The monoisotopic (exact) mass is 427 g/mol. The number of carbonyl (C=O) groups is 3. The van der Waals surface area contributed by atoms with Crippen LogP contribution in [0.1, 0.15) is 25.0 Å². The van der Waals surface area contributed by atoms with Crippen molar-refractivity contribution in [3.8, 4) is 0 Å². The first-order chi connectivity index (χ1) is 15.0. The van der Waals surface area contributed by atoms with E-state index in [0.29, 0.717) is 21.8 Å². The normalized spacial score (nSPS) is 10.9. The third-order valence-corrected chi connectivity index (χ3v) is 3.95. The van der Waals surface area contributed by atoms with Crippen molar-refractivity contribution in [3.63, 3.8) is 0 Å². The molecule has 2 amide bonds. The van der Waals surface area contributed by atoms with Gasteiger partial charge in [0.25, 0.3) is 0 Å². The topological polar surface area (TPSA) is 107 Å².